The van der Waals surface area contributed by atoms with Gasteiger partial charge in [-0.05, 0) is 40.2 Å². The monoisotopic (exact) mass is 292 g/mol. The smallest absolute Gasteiger partial charge is 0.145 e. The lowest BCUT2D eigenvalue weighted by molar-refractivity contribution is 0.471. The van der Waals surface area contributed by atoms with E-state index in [4.69, 9.17) is 10.00 Å². The van der Waals surface area contributed by atoms with E-state index in [2.05, 4.69) is 20.9 Å². The topological polar surface area (TPSA) is 45.9 Å². The van der Waals surface area contributed by atoms with Crippen LogP contribution in [-0.2, 0) is 0 Å². The molecule has 0 amide bonds. The number of hydrogen-bond acceptors (Lipinski definition) is 3. The highest BCUT2D eigenvalue weighted by Gasteiger charge is 2.04. The number of benzene rings is 1. The normalized spacial score (nSPS) is 9.71. The predicted molar refractivity (Wildman–Crippen MR) is 63.1 cm³/mol. The minimum absolute atomic E-state index is 0.302. The largest absolute Gasteiger partial charge is 0.454 e. The van der Waals surface area contributed by atoms with Gasteiger partial charge in [0.2, 0.25) is 0 Å². The lowest BCUT2D eigenvalue weighted by Gasteiger charge is -2.07. The Morgan fingerprint density at radius 1 is 1.29 bits per heavy atom. The van der Waals surface area contributed by atoms with Crippen LogP contribution in [0.2, 0.25) is 0 Å². The van der Waals surface area contributed by atoms with Crippen LogP contribution >= 0.6 is 15.9 Å². The Kier molecular flexibility index (Phi) is 3.35. The summed E-state index contributed by atoms with van der Waals surface area (Å²) in [7, 11) is 0. The molecule has 3 nitrogen and oxygen atoms in total. The van der Waals surface area contributed by atoms with Gasteiger partial charge in [0.05, 0.1) is 10.7 Å². The second-order valence-electron chi connectivity index (χ2n) is 3.17. The van der Waals surface area contributed by atoms with Gasteiger partial charge in [-0.1, -0.05) is 0 Å². The Balaban J connectivity index is 2.25. The third kappa shape index (κ3) is 2.80. The Bertz CT molecular complexity index is 578. The van der Waals surface area contributed by atoms with Crippen molar-refractivity contribution in [2.45, 2.75) is 0 Å². The van der Waals surface area contributed by atoms with E-state index in [9.17, 15) is 4.39 Å². The van der Waals surface area contributed by atoms with Crippen molar-refractivity contribution in [1.82, 2.24) is 4.98 Å². The summed E-state index contributed by atoms with van der Waals surface area (Å²) in [5.41, 5.74) is 0.302. The highest BCUT2D eigenvalue weighted by molar-refractivity contribution is 9.10. The summed E-state index contributed by atoms with van der Waals surface area (Å²) >= 11 is 3.25. The summed E-state index contributed by atoms with van der Waals surface area (Å²) in [4.78, 5) is 3.85. The van der Waals surface area contributed by atoms with E-state index in [0.717, 1.165) is 0 Å². The minimum atomic E-state index is -0.384. The highest BCUT2D eigenvalue weighted by atomic mass is 79.9. The van der Waals surface area contributed by atoms with Gasteiger partial charge in [-0.2, -0.15) is 5.26 Å². The van der Waals surface area contributed by atoms with Crippen molar-refractivity contribution in [3.8, 4) is 17.6 Å². The first kappa shape index (κ1) is 11.6. The maximum atomic E-state index is 13.0. The summed E-state index contributed by atoms with van der Waals surface area (Å²) in [6.07, 6.45) is 1.41. The Morgan fingerprint density at radius 2 is 2.12 bits per heavy atom. The number of ether oxygens (including phenoxy) is 1. The molecule has 0 radical (unpaired) electrons. The van der Waals surface area contributed by atoms with E-state index in [0.29, 0.717) is 21.7 Å². The van der Waals surface area contributed by atoms with Crippen molar-refractivity contribution in [2.24, 2.45) is 0 Å². The first-order valence-electron chi connectivity index (χ1n) is 4.68. The minimum Gasteiger partial charge on any atom is -0.454 e. The average molecular weight is 293 g/mol. The van der Waals surface area contributed by atoms with Crippen molar-refractivity contribution >= 4 is 15.9 Å². The van der Waals surface area contributed by atoms with E-state index in [-0.39, 0.29) is 5.82 Å². The number of aromatic nitrogens is 1. The lowest BCUT2D eigenvalue weighted by atomic mass is 10.3. The fourth-order valence-electron chi connectivity index (χ4n) is 1.19. The molecule has 0 unspecified atom stereocenters. The van der Waals surface area contributed by atoms with Crippen molar-refractivity contribution in [3.05, 3.63) is 52.5 Å². The first-order valence-corrected chi connectivity index (χ1v) is 5.47. The van der Waals surface area contributed by atoms with E-state index in [1.807, 2.05) is 6.07 Å². The molecule has 0 fully saturated rings. The molecule has 0 atom stereocenters. The zero-order chi connectivity index (χ0) is 12.3. The summed E-state index contributed by atoms with van der Waals surface area (Å²) < 4.78 is 19.1. The molecular formula is C12H6BrFN2O. The molecule has 1 aromatic heterocycles. The van der Waals surface area contributed by atoms with Crippen molar-refractivity contribution < 1.29 is 9.13 Å². The molecule has 0 aliphatic rings. The molecule has 0 aliphatic carbocycles. The lowest BCUT2D eigenvalue weighted by Crippen LogP contribution is -1.89. The second kappa shape index (κ2) is 4.93. The molecule has 84 valence electrons. The summed E-state index contributed by atoms with van der Waals surface area (Å²) in [5.74, 6) is 0.414. The molecule has 0 saturated heterocycles. The summed E-state index contributed by atoms with van der Waals surface area (Å²) in [6, 6.07) is 9.18. The van der Waals surface area contributed by atoms with E-state index >= 15 is 0 Å². The molecule has 17 heavy (non-hydrogen) atoms. The van der Waals surface area contributed by atoms with Crippen LogP contribution in [0.4, 0.5) is 4.39 Å². The molecular weight excluding hydrogens is 287 g/mol. The van der Waals surface area contributed by atoms with Crippen LogP contribution in [0.1, 0.15) is 5.69 Å². The second-order valence-corrected chi connectivity index (χ2v) is 4.02. The maximum Gasteiger partial charge on any atom is 0.145 e. The average Bonchev–Trinajstić information content (AvgIpc) is 2.35. The number of pyridine rings is 1. The SMILES string of the molecule is N#Cc1ccc(Oc2cc(F)ccc2Br)cn1. The molecule has 5 heteroatoms. The van der Waals surface area contributed by atoms with Crippen LogP contribution in [0.5, 0.6) is 11.5 Å². The molecule has 0 bridgehead atoms. The number of hydrogen-bond donors (Lipinski definition) is 0. The zero-order valence-electron chi connectivity index (χ0n) is 8.52. The van der Waals surface area contributed by atoms with E-state index < -0.39 is 0 Å². The highest BCUT2D eigenvalue weighted by Crippen LogP contribution is 2.29. The standard InChI is InChI=1S/C12H6BrFN2O/c13-11-4-1-8(14)5-12(11)17-10-3-2-9(6-15)16-7-10/h1-5,7H. The van der Waals surface area contributed by atoms with Crippen LogP contribution in [0.3, 0.4) is 0 Å². The maximum absolute atomic E-state index is 13.0. The fraction of sp³-hybridized carbons (Fsp3) is 0. The summed E-state index contributed by atoms with van der Waals surface area (Å²) in [5, 5.41) is 8.59. The van der Waals surface area contributed by atoms with E-state index in [1.165, 1.54) is 24.4 Å². The van der Waals surface area contributed by atoms with Gasteiger partial charge in [0.25, 0.3) is 0 Å². The van der Waals surface area contributed by atoms with Crippen LogP contribution < -0.4 is 4.74 Å². The Labute approximate surface area is 106 Å². The van der Waals surface area contributed by atoms with Gasteiger partial charge in [-0.25, -0.2) is 9.37 Å². The Hall–Kier alpha value is -1.93. The van der Waals surface area contributed by atoms with E-state index in [1.54, 1.807) is 12.1 Å². The van der Waals surface area contributed by atoms with Crippen molar-refractivity contribution in [3.63, 3.8) is 0 Å². The third-order valence-electron chi connectivity index (χ3n) is 1.97. The van der Waals surface area contributed by atoms with Gasteiger partial charge in [0.1, 0.15) is 29.1 Å². The molecule has 2 aromatic rings. The van der Waals surface area contributed by atoms with Gasteiger partial charge in [-0.3, -0.25) is 0 Å². The molecule has 1 heterocycles. The molecule has 2 rings (SSSR count). The zero-order valence-corrected chi connectivity index (χ0v) is 10.1. The molecule has 0 N–H and O–H groups in total. The predicted octanol–water partition coefficient (Wildman–Crippen LogP) is 3.65. The van der Waals surface area contributed by atoms with Crippen molar-refractivity contribution in [1.29, 1.82) is 5.26 Å². The third-order valence-corrected chi connectivity index (χ3v) is 2.63. The van der Waals surface area contributed by atoms with Crippen LogP contribution in [0, 0.1) is 17.1 Å². The van der Waals surface area contributed by atoms with Crippen LogP contribution in [-0.4, -0.2) is 4.98 Å². The van der Waals surface area contributed by atoms with Crippen LogP contribution in [0.25, 0.3) is 0 Å². The van der Waals surface area contributed by atoms with Gasteiger partial charge in [0.15, 0.2) is 0 Å². The number of nitriles is 1. The van der Waals surface area contributed by atoms with Gasteiger partial charge >= 0.3 is 0 Å². The number of nitrogens with zero attached hydrogens (tertiary/aromatic N) is 2. The molecule has 0 saturated carbocycles. The summed E-state index contributed by atoms with van der Waals surface area (Å²) in [6.45, 7) is 0. The van der Waals surface area contributed by atoms with Gasteiger partial charge in [0, 0.05) is 6.07 Å². The van der Waals surface area contributed by atoms with Gasteiger partial charge in [-0.15, -0.1) is 0 Å². The first-order chi connectivity index (χ1) is 8.19. The van der Waals surface area contributed by atoms with Gasteiger partial charge < -0.3 is 4.74 Å². The molecule has 0 aliphatic heterocycles. The molecule has 1 aromatic carbocycles. The molecule has 0 spiro atoms. The Morgan fingerprint density at radius 3 is 2.76 bits per heavy atom. The quantitative estimate of drug-likeness (QED) is 0.849. The van der Waals surface area contributed by atoms with Crippen LogP contribution in [0.15, 0.2) is 41.0 Å². The van der Waals surface area contributed by atoms with Crippen molar-refractivity contribution in [2.75, 3.05) is 0 Å². The fourth-order valence-corrected chi connectivity index (χ4v) is 1.52. The number of rotatable bonds is 2. The number of halogens is 2.